The minimum atomic E-state index is -1.18. The Morgan fingerprint density at radius 3 is 2.63 bits per heavy atom. The minimum absolute atomic E-state index is 0.118. The fraction of sp³-hybridized carbons (Fsp3) is 0.389. The van der Waals surface area contributed by atoms with Gasteiger partial charge in [0.1, 0.15) is 18.1 Å². The molecule has 0 saturated carbocycles. The lowest BCUT2D eigenvalue weighted by molar-refractivity contribution is -0.120. The summed E-state index contributed by atoms with van der Waals surface area (Å²) in [4.78, 5) is 16.6. The summed E-state index contributed by atoms with van der Waals surface area (Å²) < 4.78 is 11.0. The van der Waals surface area contributed by atoms with E-state index in [1.807, 2.05) is 0 Å². The van der Waals surface area contributed by atoms with Gasteiger partial charge in [0, 0.05) is 19.5 Å². The van der Waals surface area contributed by atoms with Gasteiger partial charge in [0.15, 0.2) is 11.7 Å². The van der Waals surface area contributed by atoms with Crippen molar-refractivity contribution in [3.8, 4) is 0 Å². The fourth-order valence-electron chi connectivity index (χ4n) is 2.28. The maximum Gasteiger partial charge on any atom is 0.268 e. The van der Waals surface area contributed by atoms with Crippen LogP contribution in [0.1, 0.15) is 18.6 Å². The summed E-state index contributed by atoms with van der Waals surface area (Å²) >= 11 is 0. The van der Waals surface area contributed by atoms with Gasteiger partial charge in [-0.1, -0.05) is 0 Å². The van der Waals surface area contributed by atoms with E-state index in [0.717, 1.165) is 0 Å². The minimum Gasteiger partial charge on any atom is -0.486 e. The number of ether oxygens (including phenoxy) is 1. The van der Waals surface area contributed by atoms with Crippen molar-refractivity contribution in [2.45, 2.75) is 26.0 Å². The van der Waals surface area contributed by atoms with Crippen molar-refractivity contribution < 1.29 is 24.2 Å². The third kappa shape index (κ3) is 5.05. The number of nitrogens with zero attached hydrogens (tertiary/aromatic N) is 1. The molecule has 0 unspecified atom stereocenters. The van der Waals surface area contributed by atoms with Crippen LogP contribution in [0.3, 0.4) is 0 Å². The molecule has 0 bridgehead atoms. The zero-order chi connectivity index (χ0) is 20.0. The van der Waals surface area contributed by atoms with Gasteiger partial charge in [0.2, 0.25) is 0 Å². The van der Waals surface area contributed by atoms with Crippen molar-refractivity contribution in [1.29, 1.82) is 5.41 Å². The maximum atomic E-state index is 12.6. The summed E-state index contributed by atoms with van der Waals surface area (Å²) in [5.41, 5.74) is -0.625. The molecule has 0 aromatic carbocycles. The fourth-order valence-corrected chi connectivity index (χ4v) is 2.28. The van der Waals surface area contributed by atoms with E-state index in [1.165, 1.54) is 13.0 Å². The summed E-state index contributed by atoms with van der Waals surface area (Å²) in [6, 6.07) is 0. The molecule has 0 atom stereocenters. The number of aliphatic hydroxyl groups is 2. The lowest BCUT2D eigenvalue weighted by atomic mass is 10.00. The highest BCUT2D eigenvalue weighted by Gasteiger charge is 2.28. The molecule has 2 rings (SSSR count). The lowest BCUT2D eigenvalue weighted by Crippen LogP contribution is -2.53. The summed E-state index contributed by atoms with van der Waals surface area (Å²) in [6.07, 6.45) is 6.26. The number of carbonyl (C=O) groups is 1. The van der Waals surface area contributed by atoms with Gasteiger partial charge in [-0.15, -0.1) is 0 Å². The second kappa shape index (κ2) is 8.65. The molecule has 0 aliphatic heterocycles. The van der Waals surface area contributed by atoms with Crippen molar-refractivity contribution in [2.24, 2.45) is 0 Å². The molecular formula is C18H24N4O5. The molecule has 0 spiro atoms. The number of oxazole rings is 1. The standard InChI is InChI=1S/C18H24N4O5/c1-11-21-7-13(27-11)8-26-12-4-5-15(19)14(6-12)16(20-3)17(25)22-18(2,9-23)10-24/h4-7,19-20,23-24H,8-10H2,1-3H3,(H,22,25)/b16-14-,19-15?. The number of likely N-dealkylation sites (N-methyl/N-ethyl adjacent to an activating group) is 1. The Hall–Kier alpha value is -2.91. The molecule has 1 aromatic heterocycles. The first kappa shape index (κ1) is 20.4. The number of carbonyl (C=O) groups excluding carboxylic acids is 1. The quantitative estimate of drug-likeness (QED) is 0.411. The van der Waals surface area contributed by atoms with E-state index < -0.39 is 24.7 Å². The highest BCUT2D eigenvalue weighted by Crippen LogP contribution is 2.19. The molecule has 9 heteroatoms. The first-order chi connectivity index (χ1) is 12.8. The van der Waals surface area contributed by atoms with E-state index >= 15 is 0 Å². The van der Waals surface area contributed by atoms with E-state index in [1.54, 1.807) is 32.3 Å². The Labute approximate surface area is 156 Å². The van der Waals surface area contributed by atoms with Crippen LogP contribution in [0.2, 0.25) is 0 Å². The number of hydrogen-bond acceptors (Lipinski definition) is 8. The lowest BCUT2D eigenvalue weighted by Gasteiger charge is -2.27. The maximum absolute atomic E-state index is 12.6. The van der Waals surface area contributed by atoms with Gasteiger partial charge in [-0.05, 0) is 25.2 Å². The summed E-state index contributed by atoms with van der Waals surface area (Å²) in [5, 5.41) is 32.2. The van der Waals surface area contributed by atoms with E-state index in [-0.39, 0.29) is 18.0 Å². The molecule has 1 aliphatic carbocycles. The van der Waals surface area contributed by atoms with E-state index in [2.05, 4.69) is 15.6 Å². The van der Waals surface area contributed by atoms with Crippen LogP contribution in [0, 0.1) is 12.3 Å². The third-order valence-electron chi connectivity index (χ3n) is 3.90. The number of rotatable bonds is 8. The number of allylic oxidation sites excluding steroid dienone is 4. The Morgan fingerprint density at radius 2 is 2.07 bits per heavy atom. The largest absolute Gasteiger partial charge is 0.486 e. The normalized spacial score (nSPS) is 16.0. The smallest absolute Gasteiger partial charge is 0.268 e. The Morgan fingerprint density at radius 1 is 1.37 bits per heavy atom. The average molecular weight is 376 g/mol. The van der Waals surface area contributed by atoms with Crippen LogP contribution in [0.5, 0.6) is 0 Å². The first-order valence-electron chi connectivity index (χ1n) is 8.31. The second-order valence-electron chi connectivity index (χ2n) is 6.30. The van der Waals surface area contributed by atoms with Crippen molar-refractivity contribution >= 4 is 11.6 Å². The predicted octanol–water partition coefficient (Wildman–Crippen LogP) is 0.306. The van der Waals surface area contributed by atoms with Gasteiger partial charge in [-0.2, -0.15) is 0 Å². The van der Waals surface area contributed by atoms with Crippen LogP contribution in [-0.2, 0) is 16.1 Å². The number of hydrogen-bond donors (Lipinski definition) is 5. The molecule has 1 aromatic rings. The monoisotopic (exact) mass is 376 g/mol. The first-order valence-corrected chi connectivity index (χ1v) is 8.31. The molecule has 1 heterocycles. The molecule has 1 aliphatic rings. The van der Waals surface area contributed by atoms with Gasteiger partial charge in [0.25, 0.3) is 5.91 Å². The molecule has 5 N–H and O–H groups in total. The van der Waals surface area contributed by atoms with Crippen molar-refractivity contribution in [3.63, 3.8) is 0 Å². The van der Waals surface area contributed by atoms with Gasteiger partial charge in [-0.25, -0.2) is 4.98 Å². The van der Waals surface area contributed by atoms with Gasteiger partial charge >= 0.3 is 0 Å². The van der Waals surface area contributed by atoms with E-state index in [9.17, 15) is 15.0 Å². The number of amides is 1. The van der Waals surface area contributed by atoms with Crippen molar-refractivity contribution in [2.75, 3.05) is 20.3 Å². The van der Waals surface area contributed by atoms with Crippen LogP contribution < -0.4 is 10.6 Å². The van der Waals surface area contributed by atoms with Crippen molar-refractivity contribution in [3.05, 3.63) is 53.1 Å². The van der Waals surface area contributed by atoms with Gasteiger partial charge in [-0.3, -0.25) is 4.79 Å². The SMILES string of the molecule is CN/C(C(=O)NC(C)(CO)CO)=C1/C=C(OCc2cnc(C)o2)C=CC1=N. The van der Waals surface area contributed by atoms with E-state index in [0.29, 0.717) is 23.0 Å². The summed E-state index contributed by atoms with van der Waals surface area (Å²) in [5.74, 6) is 0.984. The van der Waals surface area contributed by atoms with Crippen LogP contribution in [-0.4, -0.2) is 52.6 Å². The summed E-state index contributed by atoms with van der Waals surface area (Å²) in [6.45, 7) is 2.54. The zero-order valence-electron chi connectivity index (χ0n) is 15.5. The molecule has 1 amide bonds. The molecule has 0 radical (unpaired) electrons. The molecule has 9 nitrogen and oxygen atoms in total. The predicted molar refractivity (Wildman–Crippen MR) is 97.8 cm³/mol. The number of nitrogens with one attached hydrogen (secondary N) is 3. The second-order valence-corrected chi connectivity index (χ2v) is 6.30. The molecule has 0 saturated heterocycles. The molecular weight excluding hydrogens is 352 g/mol. The van der Waals surface area contributed by atoms with Crippen molar-refractivity contribution in [1.82, 2.24) is 15.6 Å². The Kier molecular flexibility index (Phi) is 6.54. The Balaban J connectivity index is 2.22. The topological polar surface area (TPSA) is 141 Å². The third-order valence-corrected chi connectivity index (χ3v) is 3.90. The highest BCUT2D eigenvalue weighted by atomic mass is 16.5. The number of aryl methyl sites for hydroxylation is 1. The van der Waals surface area contributed by atoms with E-state index in [4.69, 9.17) is 14.6 Å². The molecule has 0 fully saturated rings. The van der Waals surface area contributed by atoms with Crippen LogP contribution >= 0.6 is 0 Å². The summed E-state index contributed by atoms with van der Waals surface area (Å²) in [7, 11) is 1.55. The Bertz CT molecular complexity index is 802. The zero-order valence-corrected chi connectivity index (χ0v) is 15.5. The number of aliphatic hydroxyl groups excluding tert-OH is 2. The molecule has 27 heavy (non-hydrogen) atoms. The number of aromatic nitrogens is 1. The highest BCUT2D eigenvalue weighted by molar-refractivity contribution is 6.14. The average Bonchev–Trinajstić information content (AvgIpc) is 3.07. The molecule has 146 valence electrons. The van der Waals surface area contributed by atoms with Crippen LogP contribution in [0.4, 0.5) is 0 Å². The van der Waals surface area contributed by atoms with Gasteiger partial charge in [0.05, 0.1) is 30.7 Å². The van der Waals surface area contributed by atoms with Crippen LogP contribution in [0.25, 0.3) is 0 Å². The van der Waals surface area contributed by atoms with Crippen LogP contribution in [0.15, 0.2) is 45.9 Å². The van der Waals surface area contributed by atoms with Gasteiger partial charge < -0.3 is 35.4 Å².